The number of rotatable bonds is 3. The Labute approximate surface area is 159 Å². The average Bonchev–Trinajstić information content (AvgIpc) is 3.16. The van der Waals surface area contributed by atoms with Crippen molar-refractivity contribution in [1.82, 2.24) is 25.1 Å². The van der Waals surface area contributed by atoms with E-state index in [-0.39, 0.29) is 5.56 Å². The summed E-state index contributed by atoms with van der Waals surface area (Å²) in [5.74, 6) is 0.483. The molecule has 28 heavy (non-hydrogen) atoms. The van der Waals surface area contributed by atoms with Gasteiger partial charge in [0.15, 0.2) is 0 Å². The molecule has 0 aliphatic carbocycles. The lowest BCUT2D eigenvalue weighted by molar-refractivity contribution is 1.12. The number of aromatic nitrogens is 5. The molecular weight excluding hydrogens is 352 g/mol. The van der Waals surface area contributed by atoms with Crippen molar-refractivity contribution in [2.75, 3.05) is 5.32 Å². The molecule has 0 radical (unpaired) electrons. The molecule has 7 heteroatoms. The van der Waals surface area contributed by atoms with Gasteiger partial charge in [-0.25, -0.2) is 4.98 Å². The van der Waals surface area contributed by atoms with Crippen molar-refractivity contribution in [3.05, 3.63) is 77.0 Å². The van der Waals surface area contributed by atoms with Crippen LogP contribution in [0.5, 0.6) is 0 Å². The predicted molar refractivity (Wildman–Crippen MR) is 110 cm³/mol. The van der Waals surface area contributed by atoms with Crippen molar-refractivity contribution in [3.63, 3.8) is 0 Å². The normalized spacial score (nSPS) is 11.2. The van der Waals surface area contributed by atoms with Crippen LogP contribution >= 0.6 is 0 Å². The molecule has 5 rings (SSSR count). The summed E-state index contributed by atoms with van der Waals surface area (Å²) in [4.78, 5) is 24.5. The Kier molecular flexibility index (Phi) is 3.65. The van der Waals surface area contributed by atoms with Crippen LogP contribution in [0.3, 0.4) is 0 Å². The van der Waals surface area contributed by atoms with Crippen LogP contribution in [0.2, 0.25) is 0 Å². The smallest absolute Gasteiger partial charge is 0.259 e. The third kappa shape index (κ3) is 2.79. The molecule has 7 nitrogen and oxygen atoms in total. The highest BCUT2D eigenvalue weighted by molar-refractivity contribution is 5.95. The summed E-state index contributed by atoms with van der Waals surface area (Å²) >= 11 is 0. The van der Waals surface area contributed by atoms with Crippen LogP contribution in [-0.4, -0.2) is 25.1 Å². The summed E-state index contributed by atoms with van der Waals surface area (Å²) in [6.07, 6.45) is 3.40. The second kappa shape index (κ2) is 6.31. The molecule has 0 atom stereocenters. The van der Waals surface area contributed by atoms with Gasteiger partial charge in [0.1, 0.15) is 5.82 Å². The summed E-state index contributed by atoms with van der Waals surface area (Å²) < 4.78 is 0. The number of pyridine rings is 3. The van der Waals surface area contributed by atoms with Crippen LogP contribution in [0.1, 0.15) is 5.69 Å². The maximum absolute atomic E-state index is 12.5. The third-order valence-electron chi connectivity index (χ3n) is 4.61. The van der Waals surface area contributed by atoms with E-state index in [1.165, 1.54) is 0 Å². The first-order chi connectivity index (χ1) is 13.7. The van der Waals surface area contributed by atoms with E-state index in [0.717, 1.165) is 33.4 Å². The largest absolute Gasteiger partial charge is 0.339 e. The third-order valence-corrected chi connectivity index (χ3v) is 4.61. The van der Waals surface area contributed by atoms with Crippen LogP contribution in [0.25, 0.3) is 33.1 Å². The molecule has 4 heterocycles. The molecular formula is C21H16N6O. The van der Waals surface area contributed by atoms with E-state index in [1.54, 1.807) is 12.4 Å². The van der Waals surface area contributed by atoms with Crippen LogP contribution < -0.4 is 10.9 Å². The first-order valence-electron chi connectivity index (χ1n) is 8.84. The van der Waals surface area contributed by atoms with E-state index in [2.05, 4.69) is 25.5 Å². The Bertz CT molecular complexity index is 1380. The minimum absolute atomic E-state index is 0.195. The monoisotopic (exact) mass is 368 g/mol. The van der Waals surface area contributed by atoms with E-state index >= 15 is 0 Å². The zero-order chi connectivity index (χ0) is 19.1. The van der Waals surface area contributed by atoms with Gasteiger partial charge in [0.2, 0.25) is 0 Å². The highest BCUT2D eigenvalue weighted by Crippen LogP contribution is 2.28. The molecule has 0 aliphatic rings. The number of fused-ring (bicyclic) bond motifs is 2. The highest BCUT2D eigenvalue weighted by atomic mass is 16.1. The van der Waals surface area contributed by atoms with Crippen LogP contribution in [0.15, 0.2) is 65.7 Å². The maximum Gasteiger partial charge on any atom is 0.259 e. The Hall–Kier alpha value is -4.00. The van der Waals surface area contributed by atoms with E-state index in [1.807, 2.05) is 55.5 Å². The van der Waals surface area contributed by atoms with Crippen LogP contribution in [0, 0.1) is 6.92 Å². The number of anilines is 2. The molecule has 0 bridgehead atoms. The topological polar surface area (TPSA) is 99.3 Å². The van der Waals surface area contributed by atoms with E-state index in [9.17, 15) is 4.79 Å². The molecule has 0 aliphatic heterocycles. The van der Waals surface area contributed by atoms with Gasteiger partial charge in [0.25, 0.3) is 5.56 Å². The van der Waals surface area contributed by atoms with E-state index in [0.29, 0.717) is 16.9 Å². The number of H-pyrrole nitrogens is 2. The molecule has 0 unspecified atom stereocenters. The first kappa shape index (κ1) is 16.2. The maximum atomic E-state index is 12.5. The van der Waals surface area contributed by atoms with Gasteiger partial charge in [0, 0.05) is 23.0 Å². The molecule has 3 N–H and O–H groups in total. The second-order valence-electron chi connectivity index (χ2n) is 6.59. The van der Waals surface area contributed by atoms with Crippen LogP contribution in [0.4, 0.5) is 11.5 Å². The molecule has 5 aromatic rings. The Morgan fingerprint density at radius 3 is 2.79 bits per heavy atom. The van der Waals surface area contributed by atoms with Gasteiger partial charge in [-0.15, -0.1) is 0 Å². The second-order valence-corrected chi connectivity index (χ2v) is 6.59. The van der Waals surface area contributed by atoms with E-state index in [4.69, 9.17) is 4.98 Å². The van der Waals surface area contributed by atoms with Gasteiger partial charge in [-0.1, -0.05) is 6.07 Å². The predicted octanol–water partition coefficient (Wildman–Crippen LogP) is 3.91. The van der Waals surface area contributed by atoms with Gasteiger partial charge in [0.05, 0.1) is 28.5 Å². The van der Waals surface area contributed by atoms with Crippen molar-refractivity contribution in [1.29, 1.82) is 0 Å². The number of aryl methyl sites for hydroxylation is 1. The lowest BCUT2D eigenvalue weighted by Gasteiger charge is -2.11. The Balaban J connectivity index is 1.70. The summed E-state index contributed by atoms with van der Waals surface area (Å²) in [6, 6.07) is 15.4. The van der Waals surface area contributed by atoms with Crippen molar-refractivity contribution >= 4 is 33.2 Å². The van der Waals surface area contributed by atoms with Crippen molar-refractivity contribution in [2.24, 2.45) is 0 Å². The fraction of sp³-hybridized carbons (Fsp3) is 0.0476. The fourth-order valence-electron chi connectivity index (χ4n) is 3.27. The number of aromatic amines is 2. The van der Waals surface area contributed by atoms with Gasteiger partial charge in [-0.05, 0) is 54.8 Å². The lowest BCUT2D eigenvalue weighted by atomic mass is 10.1. The van der Waals surface area contributed by atoms with Crippen LogP contribution in [-0.2, 0) is 0 Å². The molecule has 0 saturated carbocycles. The Morgan fingerprint density at radius 1 is 0.964 bits per heavy atom. The number of benzene rings is 1. The molecule has 1 aromatic carbocycles. The molecule has 0 fully saturated rings. The molecule has 4 aromatic heterocycles. The van der Waals surface area contributed by atoms with Crippen molar-refractivity contribution < 1.29 is 0 Å². The summed E-state index contributed by atoms with van der Waals surface area (Å²) in [6.45, 7) is 1.94. The zero-order valence-electron chi connectivity index (χ0n) is 15.0. The highest BCUT2D eigenvalue weighted by Gasteiger charge is 2.12. The average molecular weight is 368 g/mol. The van der Waals surface area contributed by atoms with Gasteiger partial charge < -0.3 is 10.3 Å². The number of nitrogens with one attached hydrogen (secondary N) is 3. The fourth-order valence-corrected chi connectivity index (χ4v) is 3.27. The number of hydrogen-bond donors (Lipinski definition) is 3. The molecule has 136 valence electrons. The first-order valence-corrected chi connectivity index (χ1v) is 8.84. The summed E-state index contributed by atoms with van der Waals surface area (Å²) in [7, 11) is 0. The molecule has 0 spiro atoms. The molecule has 0 saturated heterocycles. The standard InChI is InChI=1S/C21H16N6O/c1-12-3-2-4-16(24-12)18-9-13-7-8-22-21(28)19(13)20(26-18)25-15-6-5-14-11-23-27-17(14)10-15/h2-11H,1H3,(H,22,28)(H,23,27)(H,25,26). The van der Waals surface area contributed by atoms with Crippen molar-refractivity contribution in [3.8, 4) is 11.4 Å². The number of nitrogens with zero attached hydrogens (tertiary/aromatic N) is 3. The SMILES string of the molecule is Cc1cccc(-c2cc3cc[nH]c(=O)c3c(Nc3ccc4cn[nH]c4c3)n2)n1. The zero-order valence-corrected chi connectivity index (χ0v) is 15.0. The quantitative estimate of drug-likeness (QED) is 0.448. The minimum Gasteiger partial charge on any atom is -0.339 e. The Morgan fingerprint density at radius 2 is 1.89 bits per heavy atom. The number of hydrogen-bond acceptors (Lipinski definition) is 5. The van der Waals surface area contributed by atoms with E-state index < -0.39 is 0 Å². The minimum atomic E-state index is -0.195. The van der Waals surface area contributed by atoms with Crippen molar-refractivity contribution in [2.45, 2.75) is 6.92 Å². The van der Waals surface area contributed by atoms with Gasteiger partial charge in [-0.3, -0.25) is 14.9 Å². The molecule has 0 amide bonds. The lowest BCUT2D eigenvalue weighted by Crippen LogP contribution is -2.09. The summed E-state index contributed by atoms with van der Waals surface area (Å²) in [5, 5.41) is 12.6. The van der Waals surface area contributed by atoms with Gasteiger partial charge in [-0.2, -0.15) is 5.10 Å². The van der Waals surface area contributed by atoms with Gasteiger partial charge >= 0.3 is 0 Å². The summed E-state index contributed by atoms with van der Waals surface area (Å²) in [5.41, 5.74) is 3.88.